The quantitative estimate of drug-likeness (QED) is 0.697. The fourth-order valence-electron chi connectivity index (χ4n) is 2.47. The van der Waals surface area contributed by atoms with Crippen molar-refractivity contribution in [1.82, 2.24) is 0 Å². The van der Waals surface area contributed by atoms with Gasteiger partial charge in [-0.05, 0) is 25.3 Å². The lowest BCUT2D eigenvalue weighted by atomic mass is 9.85. The van der Waals surface area contributed by atoms with Crippen molar-refractivity contribution in [2.75, 3.05) is 0 Å². The maximum Gasteiger partial charge on any atom is 0.0864 e. The molecule has 0 radical (unpaired) electrons. The van der Waals surface area contributed by atoms with Crippen molar-refractivity contribution in [1.29, 1.82) is 0 Å². The van der Waals surface area contributed by atoms with Crippen LogP contribution in [0, 0.1) is 6.92 Å². The van der Waals surface area contributed by atoms with Crippen LogP contribution in [0.2, 0.25) is 0 Å². The van der Waals surface area contributed by atoms with E-state index >= 15 is 0 Å². The van der Waals surface area contributed by atoms with Gasteiger partial charge in [0.05, 0.1) is 12.2 Å². The number of benzene rings is 1. The van der Waals surface area contributed by atoms with Crippen molar-refractivity contribution in [3.05, 3.63) is 48.0 Å². The molecule has 0 N–H and O–H groups in total. The first-order valence-corrected chi connectivity index (χ1v) is 6.57. The van der Waals surface area contributed by atoms with Crippen LogP contribution in [0.15, 0.2) is 36.9 Å². The Balaban J connectivity index is 1.95. The van der Waals surface area contributed by atoms with Gasteiger partial charge >= 0.3 is 0 Å². The molecule has 0 atom stereocenters. The van der Waals surface area contributed by atoms with Crippen molar-refractivity contribution in [3.63, 3.8) is 0 Å². The number of rotatable bonds is 4. The van der Waals surface area contributed by atoms with Gasteiger partial charge in [0.2, 0.25) is 0 Å². The van der Waals surface area contributed by atoms with Gasteiger partial charge in [0.1, 0.15) is 0 Å². The van der Waals surface area contributed by atoms with Crippen molar-refractivity contribution in [3.8, 4) is 0 Å². The van der Waals surface area contributed by atoms with E-state index in [0.29, 0.717) is 6.61 Å². The van der Waals surface area contributed by atoms with E-state index in [1.54, 1.807) is 0 Å². The molecule has 1 heteroatoms. The Bertz CT molecular complexity index is 358. The molecule has 1 nitrogen and oxygen atoms in total. The van der Waals surface area contributed by atoms with Gasteiger partial charge in [-0.2, -0.15) is 0 Å². The van der Waals surface area contributed by atoms with Crippen molar-refractivity contribution in [2.45, 2.75) is 51.2 Å². The third kappa shape index (κ3) is 3.19. The average molecular weight is 230 g/mol. The molecule has 92 valence electrons. The molecule has 0 heterocycles. The Kier molecular flexibility index (Phi) is 4.01. The molecule has 17 heavy (non-hydrogen) atoms. The average Bonchev–Trinajstić information content (AvgIpc) is 2.39. The Morgan fingerprint density at radius 2 is 1.82 bits per heavy atom. The standard InChI is InChI=1S/C16H22O/c1-3-16(11-5-4-6-12-16)17-13-15-9-7-14(2)8-10-15/h3,7-10H,1,4-6,11-13H2,2H3. The van der Waals surface area contributed by atoms with Gasteiger partial charge in [-0.1, -0.05) is 55.2 Å². The summed E-state index contributed by atoms with van der Waals surface area (Å²) < 4.78 is 6.13. The molecule has 1 aliphatic carbocycles. The summed E-state index contributed by atoms with van der Waals surface area (Å²) >= 11 is 0. The lowest BCUT2D eigenvalue weighted by molar-refractivity contribution is -0.0440. The molecule has 1 saturated carbocycles. The molecule has 0 unspecified atom stereocenters. The molecule has 1 aliphatic rings. The van der Waals surface area contributed by atoms with Gasteiger partial charge in [-0.15, -0.1) is 6.58 Å². The van der Waals surface area contributed by atoms with Crippen LogP contribution < -0.4 is 0 Å². The minimum atomic E-state index is -0.0663. The number of hydrogen-bond acceptors (Lipinski definition) is 1. The summed E-state index contributed by atoms with van der Waals surface area (Å²) in [4.78, 5) is 0. The molecule has 1 fully saturated rings. The maximum atomic E-state index is 6.13. The van der Waals surface area contributed by atoms with Gasteiger partial charge in [0, 0.05) is 0 Å². The molecular weight excluding hydrogens is 208 g/mol. The van der Waals surface area contributed by atoms with Crippen LogP contribution in [0.3, 0.4) is 0 Å². The maximum absolute atomic E-state index is 6.13. The molecule has 1 aromatic rings. The van der Waals surface area contributed by atoms with Gasteiger partial charge < -0.3 is 4.74 Å². The zero-order chi connectivity index (χ0) is 12.1. The fraction of sp³-hybridized carbons (Fsp3) is 0.500. The highest BCUT2D eigenvalue weighted by atomic mass is 16.5. The third-order valence-electron chi connectivity index (χ3n) is 3.72. The van der Waals surface area contributed by atoms with E-state index in [1.165, 1.54) is 30.4 Å². The monoisotopic (exact) mass is 230 g/mol. The van der Waals surface area contributed by atoms with E-state index in [0.717, 1.165) is 12.8 Å². The first kappa shape index (κ1) is 12.4. The van der Waals surface area contributed by atoms with Gasteiger partial charge in [-0.3, -0.25) is 0 Å². The van der Waals surface area contributed by atoms with E-state index < -0.39 is 0 Å². The van der Waals surface area contributed by atoms with Gasteiger partial charge in [0.15, 0.2) is 0 Å². The van der Waals surface area contributed by atoms with Crippen LogP contribution in [0.5, 0.6) is 0 Å². The van der Waals surface area contributed by atoms with Gasteiger partial charge in [-0.25, -0.2) is 0 Å². The molecule has 0 amide bonds. The van der Waals surface area contributed by atoms with Crippen LogP contribution in [0.1, 0.15) is 43.2 Å². The van der Waals surface area contributed by atoms with Crippen molar-refractivity contribution < 1.29 is 4.74 Å². The Morgan fingerprint density at radius 3 is 2.41 bits per heavy atom. The minimum absolute atomic E-state index is 0.0663. The molecular formula is C16H22O. The summed E-state index contributed by atoms with van der Waals surface area (Å²) in [5.41, 5.74) is 2.48. The van der Waals surface area contributed by atoms with Crippen molar-refractivity contribution in [2.24, 2.45) is 0 Å². The van der Waals surface area contributed by atoms with Crippen molar-refractivity contribution >= 4 is 0 Å². The fourth-order valence-corrected chi connectivity index (χ4v) is 2.47. The third-order valence-corrected chi connectivity index (χ3v) is 3.72. The predicted octanol–water partition coefficient (Wildman–Crippen LogP) is 4.40. The smallest absolute Gasteiger partial charge is 0.0864 e. The van der Waals surface area contributed by atoms with E-state index in [1.807, 2.05) is 6.08 Å². The zero-order valence-corrected chi connectivity index (χ0v) is 10.7. The highest BCUT2D eigenvalue weighted by Gasteiger charge is 2.29. The predicted molar refractivity (Wildman–Crippen MR) is 72.0 cm³/mol. The van der Waals surface area contributed by atoms with E-state index in [2.05, 4.69) is 37.8 Å². The Morgan fingerprint density at radius 1 is 1.18 bits per heavy atom. The van der Waals surface area contributed by atoms with E-state index in [-0.39, 0.29) is 5.60 Å². The zero-order valence-electron chi connectivity index (χ0n) is 10.7. The molecule has 0 saturated heterocycles. The highest BCUT2D eigenvalue weighted by Crippen LogP contribution is 2.33. The highest BCUT2D eigenvalue weighted by molar-refractivity contribution is 5.20. The van der Waals surface area contributed by atoms with Gasteiger partial charge in [0.25, 0.3) is 0 Å². The first-order chi connectivity index (χ1) is 8.24. The number of ether oxygens (including phenoxy) is 1. The SMILES string of the molecule is C=CC1(OCc2ccc(C)cc2)CCCCC1. The molecule has 0 aliphatic heterocycles. The van der Waals surface area contributed by atoms with Crippen LogP contribution in [0.25, 0.3) is 0 Å². The normalized spacial score (nSPS) is 18.9. The summed E-state index contributed by atoms with van der Waals surface area (Å²) in [5.74, 6) is 0. The Labute approximate surface area is 104 Å². The summed E-state index contributed by atoms with van der Waals surface area (Å²) in [6.45, 7) is 6.77. The lowest BCUT2D eigenvalue weighted by Crippen LogP contribution is -2.32. The molecule has 0 aromatic heterocycles. The molecule has 2 rings (SSSR count). The lowest BCUT2D eigenvalue weighted by Gasteiger charge is -2.34. The summed E-state index contributed by atoms with van der Waals surface area (Å²) in [5, 5.41) is 0. The van der Waals surface area contributed by atoms with E-state index in [9.17, 15) is 0 Å². The largest absolute Gasteiger partial charge is 0.366 e. The topological polar surface area (TPSA) is 9.23 Å². The second kappa shape index (κ2) is 5.50. The number of aryl methyl sites for hydroxylation is 1. The van der Waals surface area contributed by atoms with Crippen LogP contribution in [-0.2, 0) is 11.3 Å². The summed E-state index contributed by atoms with van der Waals surface area (Å²) in [6, 6.07) is 8.57. The molecule has 0 bridgehead atoms. The second-order valence-electron chi connectivity index (χ2n) is 5.10. The van der Waals surface area contributed by atoms with Crippen LogP contribution in [-0.4, -0.2) is 5.60 Å². The van der Waals surface area contributed by atoms with Crippen LogP contribution >= 0.6 is 0 Å². The molecule has 1 aromatic carbocycles. The summed E-state index contributed by atoms with van der Waals surface area (Å²) in [7, 11) is 0. The molecule has 0 spiro atoms. The van der Waals surface area contributed by atoms with Crippen LogP contribution in [0.4, 0.5) is 0 Å². The minimum Gasteiger partial charge on any atom is -0.366 e. The summed E-state index contributed by atoms with van der Waals surface area (Å²) in [6.07, 6.45) is 8.13. The Hall–Kier alpha value is -1.08. The number of hydrogen-bond donors (Lipinski definition) is 0. The second-order valence-corrected chi connectivity index (χ2v) is 5.10. The first-order valence-electron chi connectivity index (χ1n) is 6.57. The van der Waals surface area contributed by atoms with E-state index in [4.69, 9.17) is 4.74 Å².